The lowest BCUT2D eigenvalue weighted by atomic mass is 10.0. The number of nitrogens with zero attached hydrogens (tertiary/aromatic N) is 1. The molecule has 5 aromatic rings. The molecule has 2 aromatic heterocycles. The average Bonchev–Trinajstić information content (AvgIpc) is 4.06. The number of carbonyl (C=O) groups excluding carboxylic acids is 7. The van der Waals surface area contributed by atoms with Gasteiger partial charge in [-0.3, -0.25) is 33.6 Å². The Morgan fingerprint density at radius 3 is 1.67 bits per heavy atom. The standard InChI is InChI=1S/C51H66N12O11S/c1-75-21-19-36(53)45(67)60-41(24-31-26-56-37-7-3-2-6-35(31)37)49(71)58-38(8-4-5-20-52)46(68)62-42(25-32-27-55-28-57-32)50(72)61-40(22-29-9-13-33(64)14-10-29)48(70)59-39(17-18-44(54)66)47(69)63-43(51(73)74)23-30-11-15-34(65)16-12-30/h2-3,6-7,9-16,26-28,36,38-43,56,64-65H,4-5,8,17-25,52-53H2,1H3,(H2,54,66)(H,55,57)(H,58,71)(H,59,70)(H,60,67)(H,61,72)(H,62,68)(H,63,69)(H,73,74)/t36-,38-,39-,40-,41-,42-,43-/m0/s1. The van der Waals surface area contributed by atoms with Crippen molar-refractivity contribution in [2.75, 3.05) is 18.6 Å². The fourth-order valence-electron chi connectivity index (χ4n) is 8.03. The number of imidazole rings is 1. The second-order valence-corrected chi connectivity index (χ2v) is 19.0. The number of carboxylic acid groups (broad SMARTS) is 1. The Labute approximate surface area is 436 Å². The predicted molar refractivity (Wildman–Crippen MR) is 279 cm³/mol. The van der Waals surface area contributed by atoms with E-state index in [1.807, 2.05) is 30.5 Å². The van der Waals surface area contributed by atoms with Crippen LogP contribution in [0.4, 0.5) is 0 Å². The lowest BCUT2D eigenvalue weighted by molar-refractivity contribution is -0.142. The summed E-state index contributed by atoms with van der Waals surface area (Å²) in [6, 6.07) is 9.29. The van der Waals surface area contributed by atoms with Gasteiger partial charge >= 0.3 is 5.97 Å². The van der Waals surface area contributed by atoms with Crippen molar-refractivity contribution in [3.8, 4) is 11.5 Å². The summed E-state index contributed by atoms with van der Waals surface area (Å²) in [6.07, 6.45) is 6.21. The van der Waals surface area contributed by atoms with Crippen LogP contribution in [0.1, 0.15) is 60.9 Å². The molecule has 0 aliphatic heterocycles. The fraction of sp³-hybridized carbons (Fsp3) is 0.392. The number of phenols is 2. The summed E-state index contributed by atoms with van der Waals surface area (Å²) in [4.78, 5) is 120. The van der Waals surface area contributed by atoms with E-state index in [0.717, 1.165) is 10.9 Å². The van der Waals surface area contributed by atoms with Crippen molar-refractivity contribution in [3.05, 3.63) is 114 Å². The van der Waals surface area contributed by atoms with Gasteiger partial charge < -0.3 is 74.4 Å². The highest BCUT2D eigenvalue weighted by Crippen LogP contribution is 2.20. The molecule has 5 rings (SSSR count). The number of carboxylic acids is 1. The summed E-state index contributed by atoms with van der Waals surface area (Å²) in [5, 5.41) is 46.5. The van der Waals surface area contributed by atoms with Crippen molar-refractivity contribution in [2.24, 2.45) is 17.2 Å². The van der Waals surface area contributed by atoms with Gasteiger partial charge in [0.1, 0.15) is 47.8 Å². The van der Waals surface area contributed by atoms with Crippen molar-refractivity contribution < 1.29 is 53.7 Å². The zero-order valence-electron chi connectivity index (χ0n) is 41.4. The largest absolute Gasteiger partial charge is 0.508 e. The van der Waals surface area contributed by atoms with Gasteiger partial charge in [0.2, 0.25) is 41.4 Å². The van der Waals surface area contributed by atoms with E-state index in [-0.39, 0.29) is 56.6 Å². The number of aromatic nitrogens is 3. The van der Waals surface area contributed by atoms with Crippen LogP contribution in [-0.4, -0.2) is 138 Å². The molecular weight excluding hydrogens is 989 g/mol. The number of nitrogens with one attached hydrogen (secondary N) is 8. The van der Waals surface area contributed by atoms with Gasteiger partial charge in [0.25, 0.3) is 0 Å². The molecule has 0 saturated heterocycles. The molecule has 0 bridgehead atoms. The maximum Gasteiger partial charge on any atom is 0.326 e. The molecule has 3 aromatic carbocycles. The minimum atomic E-state index is -1.56. The van der Waals surface area contributed by atoms with Crippen LogP contribution < -0.4 is 49.1 Å². The Bertz CT molecular complexity index is 2700. The van der Waals surface area contributed by atoms with Crippen LogP contribution in [0, 0.1) is 0 Å². The van der Waals surface area contributed by atoms with Crippen LogP contribution in [0.5, 0.6) is 11.5 Å². The van der Waals surface area contributed by atoms with E-state index in [9.17, 15) is 53.7 Å². The Kier molecular flexibility index (Phi) is 22.5. The maximum absolute atomic E-state index is 14.6. The summed E-state index contributed by atoms with van der Waals surface area (Å²) in [5.41, 5.74) is 20.3. The first-order chi connectivity index (χ1) is 35.9. The van der Waals surface area contributed by atoms with E-state index in [2.05, 4.69) is 46.9 Å². The minimum Gasteiger partial charge on any atom is -0.508 e. The number of phenolic OH excluding ortho intramolecular Hbond substituents is 2. The molecule has 0 aliphatic rings. The number of aromatic hydroxyl groups is 2. The number of aliphatic carboxylic acids is 1. The molecule has 7 atom stereocenters. The van der Waals surface area contributed by atoms with Crippen LogP contribution in [-0.2, 0) is 64.0 Å². The van der Waals surface area contributed by atoms with Crippen molar-refractivity contribution in [1.29, 1.82) is 0 Å². The number of para-hydroxylation sites is 1. The summed E-state index contributed by atoms with van der Waals surface area (Å²) in [6.45, 7) is 0.274. The predicted octanol–water partition coefficient (Wildman–Crippen LogP) is 0.0411. The third-order valence-corrected chi connectivity index (χ3v) is 12.8. The summed E-state index contributed by atoms with van der Waals surface area (Å²) < 4.78 is 0. The van der Waals surface area contributed by atoms with Gasteiger partial charge in [-0.15, -0.1) is 0 Å². The van der Waals surface area contributed by atoms with Gasteiger partial charge in [0.05, 0.1) is 12.4 Å². The zero-order chi connectivity index (χ0) is 54.4. The number of carbonyl (C=O) groups is 8. The van der Waals surface area contributed by atoms with Gasteiger partial charge in [-0.2, -0.15) is 11.8 Å². The number of aromatic amines is 2. The second kappa shape index (κ2) is 29.1. The Hall–Kier alpha value is -7.96. The number of amides is 7. The quantitative estimate of drug-likeness (QED) is 0.0261. The third kappa shape index (κ3) is 18.5. The van der Waals surface area contributed by atoms with Gasteiger partial charge in [0.15, 0.2) is 0 Å². The van der Waals surface area contributed by atoms with Crippen molar-refractivity contribution >= 4 is 70.0 Å². The lowest BCUT2D eigenvalue weighted by Gasteiger charge is -2.28. The molecule has 0 fully saturated rings. The maximum atomic E-state index is 14.6. The number of fused-ring (bicyclic) bond motifs is 1. The molecule has 2 heterocycles. The highest BCUT2D eigenvalue weighted by molar-refractivity contribution is 7.98. The molecular formula is C51H66N12O11S. The molecule has 23 nitrogen and oxygen atoms in total. The van der Waals surface area contributed by atoms with Crippen LogP contribution in [0.3, 0.4) is 0 Å². The van der Waals surface area contributed by atoms with E-state index in [1.165, 1.54) is 72.8 Å². The first-order valence-electron chi connectivity index (χ1n) is 24.3. The average molecular weight is 1060 g/mol. The minimum absolute atomic E-state index is 0.0221. The van der Waals surface area contributed by atoms with Gasteiger partial charge in [-0.05, 0) is 97.7 Å². The number of H-pyrrole nitrogens is 2. The van der Waals surface area contributed by atoms with E-state index < -0.39 is 96.0 Å². The van der Waals surface area contributed by atoms with Gasteiger partial charge in [-0.1, -0.05) is 42.5 Å². The molecule has 0 unspecified atom stereocenters. The number of rotatable bonds is 31. The highest BCUT2D eigenvalue weighted by atomic mass is 32.2. The lowest BCUT2D eigenvalue weighted by Crippen LogP contribution is -2.60. The molecule has 7 amide bonds. The van der Waals surface area contributed by atoms with Crippen molar-refractivity contribution in [3.63, 3.8) is 0 Å². The molecule has 0 spiro atoms. The molecule has 17 N–H and O–H groups in total. The molecule has 24 heteroatoms. The van der Waals surface area contributed by atoms with E-state index in [0.29, 0.717) is 47.4 Å². The number of unbranched alkanes of at least 4 members (excludes halogenated alkanes) is 1. The second-order valence-electron chi connectivity index (χ2n) is 18.0. The van der Waals surface area contributed by atoms with Crippen LogP contribution in [0.2, 0.25) is 0 Å². The Morgan fingerprint density at radius 2 is 1.12 bits per heavy atom. The number of thioether (sulfide) groups is 1. The van der Waals surface area contributed by atoms with Crippen LogP contribution in [0.15, 0.2) is 91.5 Å². The first kappa shape index (κ1) is 57.9. The molecule has 75 heavy (non-hydrogen) atoms. The molecule has 402 valence electrons. The number of benzene rings is 3. The smallest absolute Gasteiger partial charge is 0.326 e. The van der Waals surface area contributed by atoms with E-state index in [4.69, 9.17) is 17.2 Å². The summed E-state index contributed by atoms with van der Waals surface area (Å²) >= 11 is 1.51. The normalized spacial score (nSPS) is 14.0. The SMILES string of the molecule is CSCC[C@H](N)C(=O)N[C@@H](Cc1c[nH]c2ccccc12)C(=O)N[C@@H](CCCCN)C(=O)N[C@@H](Cc1cnc[nH]1)C(=O)N[C@@H](Cc1ccc(O)cc1)C(=O)N[C@@H](CCC(N)=O)C(=O)N[C@@H](Cc1ccc(O)cc1)C(=O)O. The summed E-state index contributed by atoms with van der Waals surface area (Å²) in [7, 11) is 0. The topological polar surface area (TPSA) is 392 Å². The number of hydrogen-bond donors (Lipinski definition) is 14. The zero-order valence-corrected chi connectivity index (χ0v) is 42.2. The number of primary amides is 1. The molecule has 0 saturated carbocycles. The third-order valence-electron chi connectivity index (χ3n) is 12.2. The Morgan fingerprint density at radius 1 is 0.613 bits per heavy atom. The first-order valence-corrected chi connectivity index (χ1v) is 25.7. The van der Waals surface area contributed by atoms with Gasteiger partial charge in [0, 0.05) is 61.1 Å². The number of hydrogen-bond acceptors (Lipinski definition) is 14. The number of nitrogens with two attached hydrogens (primary N) is 3. The van der Waals surface area contributed by atoms with Crippen molar-refractivity contribution in [2.45, 2.75) is 107 Å². The van der Waals surface area contributed by atoms with Crippen LogP contribution in [0.25, 0.3) is 10.9 Å². The Balaban J connectivity index is 1.42. The highest BCUT2D eigenvalue weighted by Gasteiger charge is 2.35. The van der Waals surface area contributed by atoms with Gasteiger partial charge in [-0.25, -0.2) is 9.78 Å². The molecule has 0 aliphatic carbocycles. The van der Waals surface area contributed by atoms with Crippen molar-refractivity contribution in [1.82, 2.24) is 46.9 Å². The molecule has 0 radical (unpaired) electrons. The van der Waals surface area contributed by atoms with E-state index in [1.54, 1.807) is 6.20 Å². The fourth-order valence-corrected chi connectivity index (χ4v) is 8.52. The summed E-state index contributed by atoms with van der Waals surface area (Å²) in [5.74, 6) is -6.71. The monoisotopic (exact) mass is 1050 g/mol. The van der Waals surface area contributed by atoms with E-state index >= 15 is 0 Å². The van der Waals surface area contributed by atoms with Crippen LogP contribution >= 0.6 is 11.8 Å².